The predicted octanol–water partition coefficient (Wildman–Crippen LogP) is 5.31. The molecule has 38 heavy (non-hydrogen) atoms. The molecule has 0 radical (unpaired) electrons. The first-order valence-corrected chi connectivity index (χ1v) is 11.9. The molecule has 6 aromatic rings. The van der Waals surface area contributed by atoms with Crippen molar-refractivity contribution in [2.24, 2.45) is 0 Å². The van der Waals surface area contributed by atoms with Crippen LogP contribution in [0.3, 0.4) is 0 Å². The Hall–Kier alpha value is -5.24. The first-order valence-electron chi connectivity index (χ1n) is 11.9. The Morgan fingerprint density at radius 3 is 2.58 bits per heavy atom. The lowest BCUT2D eigenvalue weighted by molar-refractivity contribution is 0.102. The summed E-state index contributed by atoms with van der Waals surface area (Å²) in [4.78, 5) is 39.5. The highest BCUT2D eigenvalue weighted by Crippen LogP contribution is 2.23. The number of amides is 1. The van der Waals surface area contributed by atoms with E-state index in [0.717, 1.165) is 16.3 Å². The fourth-order valence-corrected chi connectivity index (χ4v) is 4.40. The number of nitrogens with zero attached hydrogens (tertiary/aromatic N) is 4. The second-order valence-corrected chi connectivity index (χ2v) is 8.77. The van der Waals surface area contributed by atoms with Crippen LogP contribution >= 0.6 is 0 Å². The fraction of sp³-hybridized carbons (Fsp3) is 0.0333. The summed E-state index contributed by atoms with van der Waals surface area (Å²) < 4.78 is 16.4. The summed E-state index contributed by atoms with van der Waals surface area (Å²) >= 11 is 0. The number of anilines is 1. The van der Waals surface area contributed by atoms with Crippen molar-refractivity contribution >= 4 is 33.5 Å². The van der Waals surface area contributed by atoms with E-state index < -0.39 is 11.4 Å². The molecule has 0 aliphatic heterocycles. The van der Waals surface area contributed by atoms with E-state index in [2.05, 4.69) is 20.3 Å². The monoisotopic (exact) mass is 501 g/mol. The Kier molecular flexibility index (Phi) is 5.89. The molecule has 0 bridgehead atoms. The number of aromatic nitrogens is 4. The average molecular weight is 502 g/mol. The number of carbonyl (C=O) groups is 1. The van der Waals surface area contributed by atoms with Crippen LogP contribution in [0.4, 0.5) is 10.1 Å². The Morgan fingerprint density at radius 1 is 0.895 bits per heavy atom. The molecule has 3 aromatic heterocycles. The van der Waals surface area contributed by atoms with Gasteiger partial charge in [-0.15, -0.1) is 0 Å². The van der Waals surface area contributed by atoms with E-state index in [1.807, 2.05) is 36.4 Å². The molecule has 1 N–H and O–H groups in total. The molecule has 6 rings (SSSR count). The standard InChI is InChI=1S/C30H20FN5O2/c31-24-12-11-23(34-29(37)22-10-9-20-6-1-2-7-21(20)16-22)17-27(24)36-28-25(8-4-14-33-28)35-26(30(36)38)15-19-5-3-13-32-18-19/h1-14,16-18H,15H2,(H,34,37). The predicted molar refractivity (Wildman–Crippen MR) is 144 cm³/mol. The highest BCUT2D eigenvalue weighted by molar-refractivity contribution is 6.06. The largest absolute Gasteiger partial charge is 0.322 e. The molecule has 0 atom stereocenters. The van der Waals surface area contributed by atoms with Crippen LogP contribution in [0.15, 0.2) is 108 Å². The number of hydrogen-bond donors (Lipinski definition) is 1. The molecule has 0 aliphatic rings. The highest BCUT2D eigenvalue weighted by Gasteiger charge is 2.18. The van der Waals surface area contributed by atoms with Gasteiger partial charge in [-0.2, -0.15) is 0 Å². The topological polar surface area (TPSA) is 89.8 Å². The van der Waals surface area contributed by atoms with Gasteiger partial charge in [0.25, 0.3) is 11.5 Å². The van der Waals surface area contributed by atoms with Gasteiger partial charge < -0.3 is 5.32 Å². The number of carbonyl (C=O) groups excluding carboxylic acids is 1. The minimum absolute atomic E-state index is 0.0372. The zero-order chi connectivity index (χ0) is 26.1. The van der Waals surface area contributed by atoms with Crippen LogP contribution < -0.4 is 10.9 Å². The van der Waals surface area contributed by atoms with Crippen molar-refractivity contribution in [1.29, 1.82) is 0 Å². The van der Waals surface area contributed by atoms with Crippen LogP contribution in [0.1, 0.15) is 21.6 Å². The molecule has 8 heteroatoms. The number of nitrogens with one attached hydrogen (secondary N) is 1. The van der Waals surface area contributed by atoms with E-state index in [9.17, 15) is 9.59 Å². The third kappa shape index (κ3) is 4.39. The van der Waals surface area contributed by atoms with Crippen molar-refractivity contribution in [3.8, 4) is 5.69 Å². The van der Waals surface area contributed by atoms with Gasteiger partial charge in [0.1, 0.15) is 17.0 Å². The van der Waals surface area contributed by atoms with Crippen molar-refractivity contribution in [2.75, 3.05) is 5.32 Å². The van der Waals surface area contributed by atoms with Crippen LogP contribution in [0.25, 0.3) is 27.6 Å². The molecule has 3 heterocycles. The first-order chi connectivity index (χ1) is 18.6. The molecule has 184 valence electrons. The SMILES string of the molecule is O=C(Nc1ccc(F)c(-n2c(=O)c(Cc3cccnc3)nc3cccnc32)c1)c1ccc2ccccc2c1. The van der Waals surface area contributed by atoms with E-state index in [1.165, 1.54) is 29.0 Å². The van der Waals surface area contributed by atoms with Crippen molar-refractivity contribution in [2.45, 2.75) is 6.42 Å². The molecule has 0 unspecified atom stereocenters. The normalized spacial score (nSPS) is 11.1. The molecule has 0 saturated heterocycles. The van der Waals surface area contributed by atoms with Crippen LogP contribution in [-0.2, 0) is 6.42 Å². The number of benzene rings is 3. The molecule has 0 spiro atoms. The van der Waals surface area contributed by atoms with Gasteiger partial charge in [-0.05, 0) is 64.9 Å². The third-order valence-corrected chi connectivity index (χ3v) is 6.23. The van der Waals surface area contributed by atoms with Gasteiger partial charge in [0.15, 0.2) is 5.65 Å². The van der Waals surface area contributed by atoms with Gasteiger partial charge in [0.2, 0.25) is 0 Å². The van der Waals surface area contributed by atoms with E-state index in [0.29, 0.717) is 16.8 Å². The number of fused-ring (bicyclic) bond motifs is 2. The third-order valence-electron chi connectivity index (χ3n) is 6.23. The van der Waals surface area contributed by atoms with Crippen LogP contribution in [0, 0.1) is 5.82 Å². The summed E-state index contributed by atoms with van der Waals surface area (Å²) in [6, 6.07) is 24.3. The molecular formula is C30H20FN5O2. The van der Waals surface area contributed by atoms with Gasteiger partial charge >= 0.3 is 0 Å². The second kappa shape index (κ2) is 9.67. The lowest BCUT2D eigenvalue weighted by Crippen LogP contribution is -2.26. The number of halogens is 1. The van der Waals surface area contributed by atoms with Crippen LogP contribution in [-0.4, -0.2) is 25.4 Å². The van der Waals surface area contributed by atoms with Crippen molar-refractivity contribution in [3.63, 3.8) is 0 Å². The van der Waals surface area contributed by atoms with Gasteiger partial charge in [-0.1, -0.05) is 36.4 Å². The maximum atomic E-state index is 15.2. The average Bonchev–Trinajstić information content (AvgIpc) is 2.95. The second-order valence-electron chi connectivity index (χ2n) is 8.77. The van der Waals surface area contributed by atoms with Gasteiger partial charge in [-0.3, -0.25) is 19.1 Å². The first kappa shape index (κ1) is 23.2. The highest BCUT2D eigenvalue weighted by atomic mass is 19.1. The van der Waals surface area contributed by atoms with Crippen LogP contribution in [0.2, 0.25) is 0 Å². The van der Waals surface area contributed by atoms with Gasteiger partial charge in [0.05, 0.1) is 5.69 Å². The van der Waals surface area contributed by atoms with Gasteiger partial charge in [-0.25, -0.2) is 14.4 Å². The number of rotatable bonds is 5. The lowest BCUT2D eigenvalue weighted by atomic mass is 10.1. The van der Waals surface area contributed by atoms with E-state index >= 15 is 4.39 Å². The van der Waals surface area contributed by atoms with E-state index in [1.54, 1.807) is 42.7 Å². The van der Waals surface area contributed by atoms with Crippen molar-refractivity contribution < 1.29 is 9.18 Å². The van der Waals surface area contributed by atoms with Gasteiger partial charge in [0, 0.05) is 36.3 Å². The summed E-state index contributed by atoms with van der Waals surface area (Å²) in [7, 11) is 0. The van der Waals surface area contributed by atoms with Crippen LogP contribution in [0.5, 0.6) is 0 Å². The van der Waals surface area contributed by atoms with Crippen molar-refractivity contribution in [1.82, 2.24) is 19.5 Å². The zero-order valence-electron chi connectivity index (χ0n) is 20.0. The summed E-state index contributed by atoms with van der Waals surface area (Å²) in [5, 5.41) is 4.77. The summed E-state index contributed by atoms with van der Waals surface area (Å²) in [5.41, 5.74) is 1.93. The summed E-state index contributed by atoms with van der Waals surface area (Å²) in [5.74, 6) is -0.989. The molecule has 0 aliphatic carbocycles. The Morgan fingerprint density at radius 2 is 1.74 bits per heavy atom. The van der Waals surface area contributed by atoms with E-state index in [4.69, 9.17) is 0 Å². The zero-order valence-corrected chi connectivity index (χ0v) is 20.0. The van der Waals surface area contributed by atoms with E-state index in [-0.39, 0.29) is 29.4 Å². The lowest BCUT2D eigenvalue weighted by Gasteiger charge is -2.14. The summed E-state index contributed by atoms with van der Waals surface area (Å²) in [6.07, 6.45) is 5.04. The molecule has 7 nitrogen and oxygen atoms in total. The maximum Gasteiger partial charge on any atom is 0.278 e. The molecule has 0 fully saturated rings. The Bertz CT molecular complexity index is 1890. The smallest absolute Gasteiger partial charge is 0.278 e. The number of hydrogen-bond acceptors (Lipinski definition) is 5. The minimum Gasteiger partial charge on any atom is -0.322 e. The number of pyridine rings is 2. The molecule has 3 aromatic carbocycles. The Balaban J connectivity index is 1.41. The quantitative estimate of drug-likeness (QED) is 0.346. The molecule has 1 amide bonds. The maximum absolute atomic E-state index is 15.2. The minimum atomic E-state index is -0.638. The molecule has 0 saturated carbocycles. The summed E-state index contributed by atoms with van der Waals surface area (Å²) in [6.45, 7) is 0. The van der Waals surface area contributed by atoms with Crippen molar-refractivity contribution in [3.05, 3.63) is 137 Å². The Labute approximate surface area is 216 Å². The molecular weight excluding hydrogens is 481 g/mol. The fourth-order valence-electron chi connectivity index (χ4n) is 4.40.